The van der Waals surface area contributed by atoms with Gasteiger partial charge in [-0.25, -0.2) is 0 Å². The zero-order valence-electron chi connectivity index (χ0n) is 19.6. The first-order chi connectivity index (χ1) is 16.5. The number of amides is 3. The molecule has 2 fully saturated rings. The summed E-state index contributed by atoms with van der Waals surface area (Å²) >= 11 is 0. The number of carbonyl (C=O) groups excluding carboxylic acids is 3. The number of ether oxygens (including phenoxy) is 1. The van der Waals surface area contributed by atoms with Crippen LogP contribution in [0.25, 0.3) is 0 Å². The fourth-order valence-corrected chi connectivity index (χ4v) is 4.16. The summed E-state index contributed by atoms with van der Waals surface area (Å²) < 4.78 is 5.28. The van der Waals surface area contributed by atoms with Gasteiger partial charge in [0.25, 0.3) is 11.8 Å². The van der Waals surface area contributed by atoms with Gasteiger partial charge in [-0.2, -0.15) is 0 Å². The molecule has 180 valence electrons. The van der Waals surface area contributed by atoms with Crippen LogP contribution in [0.3, 0.4) is 0 Å². The molecule has 0 saturated carbocycles. The van der Waals surface area contributed by atoms with Crippen LogP contribution >= 0.6 is 0 Å². The Bertz CT molecular complexity index is 992. The lowest BCUT2D eigenvalue weighted by atomic mass is 9.98. The Morgan fingerprint density at radius 3 is 1.85 bits per heavy atom. The molecule has 0 aromatic heterocycles. The summed E-state index contributed by atoms with van der Waals surface area (Å²) in [6.07, 6.45) is 2.10. The Labute approximate surface area is 200 Å². The highest BCUT2D eigenvalue weighted by Crippen LogP contribution is 2.19. The molecule has 2 aromatic carbocycles. The number of morpholine rings is 1. The van der Waals surface area contributed by atoms with Crippen LogP contribution in [0.2, 0.25) is 0 Å². The van der Waals surface area contributed by atoms with Crippen LogP contribution in [0.15, 0.2) is 48.5 Å². The number of nitrogens with one attached hydrogen (secondary N) is 2. The molecule has 2 saturated heterocycles. The Hall–Kier alpha value is -3.39. The molecule has 8 nitrogen and oxygen atoms in total. The van der Waals surface area contributed by atoms with E-state index in [2.05, 4.69) is 17.6 Å². The van der Waals surface area contributed by atoms with Gasteiger partial charge in [0.15, 0.2) is 0 Å². The Kier molecular flexibility index (Phi) is 7.80. The third kappa shape index (κ3) is 6.14. The normalized spacial score (nSPS) is 16.7. The lowest BCUT2D eigenvalue weighted by molar-refractivity contribution is -0.114. The summed E-state index contributed by atoms with van der Waals surface area (Å²) in [5.74, 6) is 0.512. The second kappa shape index (κ2) is 11.2. The second-order valence-electron chi connectivity index (χ2n) is 8.94. The van der Waals surface area contributed by atoms with Crippen molar-refractivity contribution in [3.05, 3.63) is 59.7 Å². The number of piperidine rings is 1. The van der Waals surface area contributed by atoms with Crippen molar-refractivity contribution in [2.75, 3.05) is 56.6 Å². The van der Waals surface area contributed by atoms with Crippen LogP contribution in [0.4, 0.5) is 11.4 Å². The van der Waals surface area contributed by atoms with Gasteiger partial charge in [-0.3, -0.25) is 14.4 Å². The van der Waals surface area contributed by atoms with E-state index in [4.69, 9.17) is 4.74 Å². The van der Waals surface area contributed by atoms with Gasteiger partial charge in [0, 0.05) is 48.7 Å². The molecule has 0 aliphatic carbocycles. The van der Waals surface area contributed by atoms with Crippen LogP contribution in [0.1, 0.15) is 40.5 Å². The van der Waals surface area contributed by atoms with Crippen molar-refractivity contribution in [1.29, 1.82) is 0 Å². The summed E-state index contributed by atoms with van der Waals surface area (Å²) in [6.45, 7) is 6.23. The first kappa shape index (κ1) is 23.8. The third-order valence-corrected chi connectivity index (χ3v) is 6.37. The molecule has 0 atom stereocenters. The molecule has 0 spiro atoms. The van der Waals surface area contributed by atoms with E-state index in [0.29, 0.717) is 49.0 Å². The molecule has 2 aliphatic heterocycles. The number of hydrogen-bond acceptors (Lipinski definition) is 5. The van der Waals surface area contributed by atoms with Gasteiger partial charge in [0.2, 0.25) is 5.91 Å². The minimum Gasteiger partial charge on any atom is -0.378 e. The Balaban J connectivity index is 1.23. The smallest absolute Gasteiger partial charge is 0.254 e. The van der Waals surface area contributed by atoms with Crippen LogP contribution in [-0.2, 0) is 9.53 Å². The number of hydrogen-bond donors (Lipinski definition) is 2. The van der Waals surface area contributed by atoms with Gasteiger partial charge in [-0.05, 0) is 67.3 Å². The molecule has 2 aliphatic rings. The minimum absolute atomic E-state index is 0.0281. The van der Waals surface area contributed by atoms with Crippen LogP contribution in [-0.4, -0.2) is 73.5 Å². The number of carbonyl (C=O) groups is 3. The van der Waals surface area contributed by atoms with Gasteiger partial charge in [-0.15, -0.1) is 0 Å². The molecular formula is C26H32N4O4. The minimum atomic E-state index is -0.199. The number of anilines is 2. The maximum atomic E-state index is 12.7. The quantitative estimate of drug-likeness (QED) is 0.686. The van der Waals surface area contributed by atoms with Crippen LogP contribution in [0.5, 0.6) is 0 Å². The zero-order valence-corrected chi connectivity index (χ0v) is 19.6. The topological polar surface area (TPSA) is 91.0 Å². The van der Waals surface area contributed by atoms with Gasteiger partial charge in [0.1, 0.15) is 0 Å². The molecule has 0 radical (unpaired) electrons. The second-order valence-corrected chi connectivity index (χ2v) is 8.94. The van der Waals surface area contributed by atoms with E-state index in [0.717, 1.165) is 31.6 Å². The van der Waals surface area contributed by atoms with Crippen molar-refractivity contribution in [2.45, 2.75) is 19.8 Å². The van der Waals surface area contributed by atoms with Crippen LogP contribution in [0, 0.1) is 5.92 Å². The summed E-state index contributed by atoms with van der Waals surface area (Å²) in [6, 6.07) is 14.1. The number of benzene rings is 2. The van der Waals surface area contributed by atoms with E-state index in [1.54, 1.807) is 41.3 Å². The Morgan fingerprint density at radius 2 is 1.29 bits per heavy atom. The van der Waals surface area contributed by atoms with Crippen molar-refractivity contribution in [2.24, 2.45) is 5.92 Å². The highest BCUT2D eigenvalue weighted by Gasteiger charge is 2.21. The van der Waals surface area contributed by atoms with Gasteiger partial charge in [-0.1, -0.05) is 6.92 Å². The third-order valence-electron chi connectivity index (χ3n) is 6.37. The van der Waals surface area contributed by atoms with Crippen LogP contribution < -0.4 is 10.6 Å². The van der Waals surface area contributed by atoms with E-state index < -0.39 is 0 Å². The average Bonchev–Trinajstić information content (AvgIpc) is 2.88. The van der Waals surface area contributed by atoms with E-state index >= 15 is 0 Å². The lowest BCUT2D eigenvalue weighted by Crippen LogP contribution is -2.40. The Morgan fingerprint density at radius 1 is 0.794 bits per heavy atom. The molecule has 0 bridgehead atoms. The zero-order chi connectivity index (χ0) is 23.9. The fourth-order valence-electron chi connectivity index (χ4n) is 4.16. The van der Waals surface area contributed by atoms with E-state index in [1.165, 1.54) is 0 Å². The molecule has 3 amide bonds. The molecule has 0 unspecified atom stereocenters. The van der Waals surface area contributed by atoms with Crippen molar-refractivity contribution in [3.8, 4) is 0 Å². The molecule has 2 heterocycles. The highest BCUT2D eigenvalue weighted by molar-refractivity contribution is 5.97. The number of rotatable bonds is 6. The number of nitrogens with zero attached hydrogens (tertiary/aromatic N) is 2. The van der Waals surface area contributed by atoms with E-state index in [1.807, 2.05) is 17.0 Å². The predicted octanol–water partition coefficient (Wildman–Crippen LogP) is 3.08. The van der Waals surface area contributed by atoms with Crippen molar-refractivity contribution >= 4 is 29.1 Å². The molecule has 4 rings (SSSR count). The van der Waals surface area contributed by atoms with Crippen molar-refractivity contribution in [3.63, 3.8) is 0 Å². The van der Waals surface area contributed by atoms with Gasteiger partial charge >= 0.3 is 0 Å². The first-order valence-corrected chi connectivity index (χ1v) is 11.9. The largest absolute Gasteiger partial charge is 0.378 e. The predicted molar refractivity (Wildman–Crippen MR) is 131 cm³/mol. The monoisotopic (exact) mass is 464 g/mol. The maximum absolute atomic E-state index is 12.7. The van der Waals surface area contributed by atoms with Gasteiger partial charge < -0.3 is 25.2 Å². The summed E-state index contributed by atoms with van der Waals surface area (Å²) in [5, 5.41) is 5.91. The average molecular weight is 465 g/mol. The first-order valence-electron chi connectivity index (χ1n) is 11.9. The van der Waals surface area contributed by atoms with E-state index in [9.17, 15) is 14.4 Å². The van der Waals surface area contributed by atoms with Gasteiger partial charge in [0.05, 0.1) is 19.8 Å². The van der Waals surface area contributed by atoms with Crippen molar-refractivity contribution < 1.29 is 19.1 Å². The maximum Gasteiger partial charge on any atom is 0.254 e. The summed E-state index contributed by atoms with van der Waals surface area (Å²) in [5.41, 5.74) is 2.65. The SMILES string of the molecule is CC1CCN(C(=O)c2ccc(NCC(=O)Nc3ccc(C(=O)N4CCOCC4)cc3)cc2)CC1. The highest BCUT2D eigenvalue weighted by atomic mass is 16.5. The van der Waals surface area contributed by atoms with E-state index in [-0.39, 0.29) is 24.3 Å². The molecule has 34 heavy (non-hydrogen) atoms. The lowest BCUT2D eigenvalue weighted by Gasteiger charge is -2.30. The van der Waals surface area contributed by atoms with Crippen molar-refractivity contribution in [1.82, 2.24) is 9.80 Å². The molecule has 2 N–H and O–H groups in total. The summed E-state index contributed by atoms with van der Waals surface area (Å²) in [4.78, 5) is 41.2. The summed E-state index contributed by atoms with van der Waals surface area (Å²) in [7, 11) is 0. The number of likely N-dealkylation sites (tertiary alicyclic amines) is 1. The fraction of sp³-hybridized carbons (Fsp3) is 0.423. The molecule has 2 aromatic rings. The molecular weight excluding hydrogens is 432 g/mol. The standard InChI is InChI=1S/C26H32N4O4/c1-19-10-12-29(13-11-19)25(32)20-2-6-22(7-3-20)27-18-24(31)28-23-8-4-21(5-9-23)26(33)30-14-16-34-17-15-30/h2-9,19,27H,10-18H2,1H3,(H,28,31). The molecule has 8 heteroatoms.